The van der Waals surface area contributed by atoms with Crippen molar-refractivity contribution in [3.05, 3.63) is 77.4 Å². The van der Waals surface area contributed by atoms with Crippen molar-refractivity contribution in [2.45, 2.75) is 26.5 Å². The van der Waals surface area contributed by atoms with Gasteiger partial charge in [-0.2, -0.15) is 0 Å². The normalized spacial score (nSPS) is 12.2. The molecule has 3 rings (SSSR count). The number of aliphatic imine (C=N–C) groups is 1. The number of rotatable bonds is 7. The average molecular weight is 524 g/mol. The van der Waals surface area contributed by atoms with Crippen LogP contribution in [0.1, 0.15) is 29.8 Å². The Morgan fingerprint density at radius 2 is 1.83 bits per heavy atom. The van der Waals surface area contributed by atoms with Crippen LogP contribution in [0, 0.1) is 12.7 Å². The van der Waals surface area contributed by atoms with Crippen molar-refractivity contribution in [3.63, 3.8) is 0 Å². The van der Waals surface area contributed by atoms with Gasteiger partial charge in [0.15, 0.2) is 5.96 Å². The summed E-state index contributed by atoms with van der Waals surface area (Å²) in [6.07, 6.45) is 0.815. The Morgan fingerprint density at radius 3 is 2.50 bits per heavy atom. The number of benzene rings is 2. The highest BCUT2D eigenvalue weighted by atomic mass is 127. The quantitative estimate of drug-likeness (QED) is 0.245. The molecule has 0 saturated carbocycles. The number of nitrogens with zero attached hydrogens (tertiary/aromatic N) is 2. The lowest BCUT2D eigenvalue weighted by Gasteiger charge is -2.15. The molecule has 8 heteroatoms. The maximum absolute atomic E-state index is 13.0. The molecule has 3 aromatic rings. The van der Waals surface area contributed by atoms with E-state index in [0.29, 0.717) is 36.2 Å². The third-order valence-electron chi connectivity index (χ3n) is 4.31. The van der Waals surface area contributed by atoms with Crippen molar-refractivity contribution in [1.82, 2.24) is 15.6 Å². The van der Waals surface area contributed by atoms with Crippen LogP contribution in [0.4, 0.5) is 4.39 Å². The number of aryl methyl sites for hydroxylation is 1. The number of aliphatic hydroxyl groups is 1. The Balaban J connectivity index is 0.00000320. The van der Waals surface area contributed by atoms with E-state index in [2.05, 4.69) is 20.6 Å². The molecular weight excluding hydrogens is 498 g/mol. The van der Waals surface area contributed by atoms with E-state index in [1.54, 1.807) is 18.4 Å². The number of aliphatic hydroxyl groups excluding tert-OH is 1. The van der Waals surface area contributed by atoms with Gasteiger partial charge in [0.1, 0.15) is 17.8 Å². The zero-order chi connectivity index (χ0) is 20.6. The topological polar surface area (TPSA) is 82.7 Å². The van der Waals surface area contributed by atoms with Gasteiger partial charge < -0.3 is 20.2 Å². The minimum Gasteiger partial charge on any atom is -0.444 e. The predicted molar refractivity (Wildman–Crippen MR) is 126 cm³/mol. The van der Waals surface area contributed by atoms with E-state index >= 15 is 0 Å². The lowest BCUT2D eigenvalue weighted by Crippen LogP contribution is -2.39. The van der Waals surface area contributed by atoms with Crippen LogP contribution in [-0.2, 0) is 6.54 Å². The van der Waals surface area contributed by atoms with Crippen molar-refractivity contribution in [2.75, 3.05) is 13.1 Å². The lowest BCUT2D eigenvalue weighted by molar-refractivity contribution is 0.180. The summed E-state index contributed by atoms with van der Waals surface area (Å²) in [5, 5.41) is 16.5. The van der Waals surface area contributed by atoms with Crippen LogP contribution < -0.4 is 10.6 Å². The first-order valence-corrected chi connectivity index (χ1v) is 9.52. The van der Waals surface area contributed by atoms with Crippen LogP contribution in [0.25, 0.3) is 11.5 Å². The Morgan fingerprint density at radius 1 is 1.13 bits per heavy atom. The number of hydrogen-bond acceptors (Lipinski definition) is 4. The molecule has 0 aliphatic heterocycles. The maximum atomic E-state index is 13.0. The zero-order valence-corrected chi connectivity index (χ0v) is 19.3. The molecule has 1 aromatic heterocycles. The van der Waals surface area contributed by atoms with Crippen molar-refractivity contribution in [3.8, 4) is 11.5 Å². The van der Waals surface area contributed by atoms with Crippen LogP contribution in [0.15, 0.2) is 64.2 Å². The first-order valence-electron chi connectivity index (χ1n) is 9.52. The Hall–Kier alpha value is -2.46. The molecule has 0 spiro atoms. The summed E-state index contributed by atoms with van der Waals surface area (Å²) < 4.78 is 18.6. The smallest absolute Gasteiger partial charge is 0.226 e. The van der Waals surface area contributed by atoms with Gasteiger partial charge in [-0.15, -0.1) is 24.0 Å². The SMILES string of the molecule is CCNC(=NCc1coc(-c2ccc(C)cc2)n1)NCC(O)c1ccc(F)cc1.I. The second kappa shape index (κ2) is 11.7. The fourth-order valence-corrected chi connectivity index (χ4v) is 2.71. The van der Waals surface area contributed by atoms with Gasteiger partial charge in [0.05, 0.1) is 12.6 Å². The summed E-state index contributed by atoms with van der Waals surface area (Å²) >= 11 is 0. The van der Waals surface area contributed by atoms with Gasteiger partial charge in [0, 0.05) is 18.7 Å². The van der Waals surface area contributed by atoms with Crippen molar-refractivity contribution < 1.29 is 13.9 Å². The van der Waals surface area contributed by atoms with E-state index in [1.807, 2.05) is 38.1 Å². The van der Waals surface area contributed by atoms with Gasteiger partial charge in [0.25, 0.3) is 0 Å². The van der Waals surface area contributed by atoms with Gasteiger partial charge >= 0.3 is 0 Å². The molecule has 0 aliphatic carbocycles. The Labute approximate surface area is 192 Å². The van der Waals surface area contributed by atoms with Crippen LogP contribution in [0.2, 0.25) is 0 Å². The molecule has 0 bridgehead atoms. The van der Waals surface area contributed by atoms with Crippen molar-refractivity contribution in [2.24, 2.45) is 4.99 Å². The van der Waals surface area contributed by atoms with E-state index in [4.69, 9.17) is 4.42 Å². The maximum Gasteiger partial charge on any atom is 0.226 e. The Bertz CT molecular complexity index is 943. The summed E-state index contributed by atoms with van der Waals surface area (Å²) in [7, 11) is 0. The number of hydrogen-bond donors (Lipinski definition) is 3. The molecule has 1 unspecified atom stereocenters. The van der Waals surface area contributed by atoms with E-state index in [-0.39, 0.29) is 36.3 Å². The largest absolute Gasteiger partial charge is 0.444 e. The monoisotopic (exact) mass is 524 g/mol. The van der Waals surface area contributed by atoms with Crippen LogP contribution in [0.3, 0.4) is 0 Å². The standard InChI is InChI=1S/C22H25FN4O2.HI/c1-3-24-22(26-13-20(28)16-8-10-18(23)11-9-16)25-12-19-14-29-21(27-19)17-6-4-15(2)5-7-17;/h4-11,14,20,28H,3,12-13H2,1-2H3,(H2,24,25,26);1H. The molecular formula is C22H26FIN4O2. The summed E-state index contributed by atoms with van der Waals surface area (Å²) in [5.74, 6) is 0.773. The molecule has 1 heterocycles. The van der Waals surface area contributed by atoms with Gasteiger partial charge in [0.2, 0.25) is 5.89 Å². The minimum absolute atomic E-state index is 0. The highest BCUT2D eigenvalue weighted by Gasteiger charge is 2.10. The number of aromatic nitrogens is 1. The molecule has 0 amide bonds. The summed E-state index contributed by atoms with van der Waals surface area (Å²) in [6.45, 7) is 5.23. The van der Waals surface area contributed by atoms with Crippen LogP contribution in [0.5, 0.6) is 0 Å². The molecule has 3 N–H and O–H groups in total. The van der Waals surface area contributed by atoms with E-state index in [9.17, 15) is 9.50 Å². The summed E-state index contributed by atoms with van der Waals surface area (Å²) in [6, 6.07) is 13.7. The fourth-order valence-electron chi connectivity index (χ4n) is 2.71. The molecule has 6 nitrogen and oxygen atoms in total. The summed E-state index contributed by atoms with van der Waals surface area (Å²) in [5.41, 5.74) is 3.43. The molecule has 160 valence electrons. The van der Waals surface area contributed by atoms with Gasteiger partial charge in [-0.1, -0.05) is 29.8 Å². The lowest BCUT2D eigenvalue weighted by atomic mass is 10.1. The van der Waals surface area contributed by atoms with Crippen molar-refractivity contribution >= 4 is 29.9 Å². The molecule has 0 fully saturated rings. The summed E-state index contributed by atoms with van der Waals surface area (Å²) in [4.78, 5) is 8.96. The minimum atomic E-state index is -0.778. The molecule has 0 radical (unpaired) electrons. The van der Waals surface area contributed by atoms with Crippen LogP contribution >= 0.6 is 24.0 Å². The molecule has 1 atom stereocenters. The molecule has 0 saturated heterocycles. The highest BCUT2D eigenvalue weighted by Crippen LogP contribution is 2.19. The number of guanidine groups is 1. The van der Waals surface area contributed by atoms with Crippen LogP contribution in [-0.4, -0.2) is 29.1 Å². The van der Waals surface area contributed by atoms with E-state index in [1.165, 1.54) is 17.7 Å². The van der Waals surface area contributed by atoms with Gasteiger partial charge in [-0.05, 0) is 43.7 Å². The third-order valence-corrected chi connectivity index (χ3v) is 4.31. The first kappa shape index (κ1) is 23.8. The number of halogens is 2. The van der Waals surface area contributed by atoms with E-state index < -0.39 is 6.10 Å². The van der Waals surface area contributed by atoms with Crippen molar-refractivity contribution in [1.29, 1.82) is 0 Å². The zero-order valence-electron chi connectivity index (χ0n) is 16.9. The number of nitrogens with one attached hydrogen (secondary N) is 2. The second-order valence-electron chi connectivity index (χ2n) is 6.65. The molecule has 30 heavy (non-hydrogen) atoms. The van der Waals surface area contributed by atoms with E-state index in [0.717, 1.165) is 5.56 Å². The second-order valence-corrected chi connectivity index (χ2v) is 6.65. The van der Waals surface area contributed by atoms with Gasteiger partial charge in [-0.25, -0.2) is 14.4 Å². The number of oxazole rings is 1. The predicted octanol–water partition coefficient (Wildman–Crippen LogP) is 4.20. The van der Waals surface area contributed by atoms with Gasteiger partial charge in [-0.3, -0.25) is 0 Å². The third kappa shape index (κ3) is 6.81. The fraction of sp³-hybridized carbons (Fsp3) is 0.273. The molecule has 0 aliphatic rings. The average Bonchev–Trinajstić information content (AvgIpc) is 3.20. The molecule has 2 aromatic carbocycles. The Kier molecular flexibility index (Phi) is 9.25. The first-order chi connectivity index (χ1) is 14.0. The highest BCUT2D eigenvalue weighted by molar-refractivity contribution is 14.0.